The van der Waals surface area contributed by atoms with Gasteiger partial charge in [0.1, 0.15) is 11.4 Å². The first-order valence-electron chi connectivity index (χ1n) is 4.97. The van der Waals surface area contributed by atoms with Crippen LogP contribution in [-0.2, 0) is 0 Å². The summed E-state index contributed by atoms with van der Waals surface area (Å²) in [6.45, 7) is 8.41. The molecule has 0 saturated carbocycles. The predicted octanol–water partition coefficient (Wildman–Crippen LogP) is 3.57. The van der Waals surface area contributed by atoms with Crippen LogP contribution in [0.4, 0.5) is 0 Å². The molecule has 0 N–H and O–H groups in total. The van der Waals surface area contributed by atoms with Gasteiger partial charge < -0.3 is 4.74 Å². The average Bonchev–Trinajstić information content (AvgIpc) is 2.08. The highest BCUT2D eigenvalue weighted by Gasteiger charge is 2.26. The zero-order chi connectivity index (χ0) is 10.3. The van der Waals surface area contributed by atoms with Gasteiger partial charge >= 0.3 is 0 Å². The smallest absolute Gasteiger partial charge is 0.127 e. The van der Waals surface area contributed by atoms with Crippen LogP contribution in [0.2, 0.25) is 0 Å². The third-order valence-electron chi connectivity index (χ3n) is 2.85. The van der Waals surface area contributed by atoms with E-state index in [0.29, 0.717) is 0 Å². The topological polar surface area (TPSA) is 9.23 Å². The Labute approximate surface area is 85.4 Å². The molecule has 14 heavy (non-hydrogen) atoms. The average molecular weight is 188 g/mol. The zero-order valence-corrected chi connectivity index (χ0v) is 9.22. The van der Waals surface area contributed by atoms with Crippen LogP contribution in [0.25, 0.3) is 6.08 Å². The van der Waals surface area contributed by atoms with Crippen LogP contribution in [0.1, 0.15) is 31.9 Å². The molecule has 0 aliphatic carbocycles. The first kappa shape index (κ1) is 9.32. The Bertz CT molecular complexity index is 400. The minimum absolute atomic E-state index is 0.164. The Balaban J connectivity index is 2.54. The quantitative estimate of drug-likeness (QED) is 0.604. The Morgan fingerprint density at radius 2 is 1.86 bits per heavy atom. The molecule has 0 saturated heterocycles. The normalized spacial score (nSPS) is 18.1. The van der Waals surface area contributed by atoms with Gasteiger partial charge in [0.05, 0.1) is 0 Å². The van der Waals surface area contributed by atoms with Gasteiger partial charge in [0, 0.05) is 5.56 Å². The molecule has 1 aliphatic heterocycles. The summed E-state index contributed by atoms with van der Waals surface area (Å²) in [6, 6.07) is 6.30. The molecule has 1 aromatic rings. The molecule has 0 radical (unpaired) electrons. The van der Waals surface area contributed by atoms with Gasteiger partial charge in [-0.1, -0.05) is 11.6 Å². The first-order valence-corrected chi connectivity index (χ1v) is 4.97. The monoisotopic (exact) mass is 188 g/mol. The lowest BCUT2D eigenvalue weighted by molar-refractivity contribution is 0.145. The Morgan fingerprint density at radius 1 is 1.14 bits per heavy atom. The number of ether oxygens (including phenoxy) is 1. The highest BCUT2D eigenvalue weighted by atomic mass is 16.5. The standard InChI is InChI=1S/C13H16O/c1-9-5-6-12-11(7-9)8-10(2)13(3,4)14-12/h5-8H,1-4H3. The van der Waals surface area contributed by atoms with E-state index < -0.39 is 0 Å². The van der Waals surface area contributed by atoms with Crippen molar-refractivity contribution in [1.29, 1.82) is 0 Å². The van der Waals surface area contributed by atoms with Crippen molar-refractivity contribution in [2.45, 2.75) is 33.3 Å². The lowest BCUT2D eigenvalue weighted by atomic mass is 9.93. The van der Waals surface area contributed by atoms with Crippen LogP contribution < -0.4 is 4.74 Å². The third kappa shape index (κ3) is 1.43. The molecular weight excluding hydrogens is 172 g/mol. The van der Waals surface area contributed by atoms with E-state index in [0.717, 1.165) is 5.75 Å². The zero-order valence-electron chi connectivity index (χ0n) is 9.22. The number of benzene rings is 1. The van der Waals surface area contributed by atoms with Crippen LogP contribution in [0, 0.1) is 6.92 Å². The molecule has 1 aliphatic rings. The van der Waals surface area contributed by atoms with Crippen molar-refractivity contribution in [1.82, 2.24) is 0 Å². The van der Waals surface area contributed by atoms with Gasteiger partial charge in [0.25, 0.3) is 0 Å². The Hall–Kier alpha value is -1.24. The van der Waals surface area contributed by atoms with E-state index in [-0.39, 0.29) is 5.60 Å². The lowest BCUT2D eigenvalue weighted by Gasteiger charge is -2.32. The summed E-state index contributed by atoms with van der Waals surface area (Å²) < 4.78 is 5.92. The van der Waals surface area contributed by atoms with Crippen molar-refractivity contribution in [3.8, 4) is 5.75 Å². The summed E-state index contributed by atoms with van der Waals surface area (Å²) in [4.78, 5) is 0. The number of fused-ring (bicyclic) bond motifs is 1. The number of rotatable bonds is 0. The lowest BCUT2D eigenvalue weighted by Crippen LogP contribution is -2.31. The fraction of sp³-hybridized carbons (Fsp3) is 0.385. The van der Waals surface area contributed by atoms with Crippen LogP contribution in [0.15, 0.2) is 23.8 Å². The molecule has 1 heterocycles. The number of hydrogen-bond donors (Lipinski definition) is 0. The summed E-state index contributed by atoms with van der Waals surface area (Å²) >= 11 is 0. The number of hydrogen-bond acceptors (Lipinski definition) is 1. The fourth-order valence-corrected chi connectivity index (χ4v) is 1.64. The van der Waals surface area contributed by atoms with Gasteiger partial charge in [-0.3, -0.25) is 0 Å². The summed E-state index contributed by atoms with van der Waals surface area (Å²) in [7, 11) is 0. The van der Waals surface area contributed by atoms with Crippen molar-refractivity contribution in [3.63, 3.8) is 0 Å². The molecule has 0 aromatic heterocycles. The maximum Gasteiger partial charge on any atom is 0.127 e. The molecule has 0 amide bonds. The van der Waals surface area contributed by atoms with Crippen molar-refractivity contribution in [3.05, 3.63) is 34.9 Å². The molecule has 1 nitrogen and oxygen atoms in total. The fourth-order valence-electron chi connectivity index (χ4n) is 1.64. The second-order valence-electron chi connectivity index (χ2n) is 4.48. The second kappa shape index (κ2) is 2.88. The molecule has 1 heteroatoms. The van der Waals surface area contributed by atoms with E-state index in [9.17, 15) is 0 Å². The van der Waals surface area contributed by atoms with Gasteiger partial charge in [-0.2, -0.15) is 0 Å². The maximum atomic E-state index is 5.92. The van der Waals surface area contributed by atoms with Gasteiger partial charge in [0.15, 0.2) is 0 Å². The van der Waals surface area contributed by atoms with E-state index in [1.54, 1.807) is 0 Å². The molecule has 0 spiro atoms. The van der Waals surface area contributed by atoms with Crippen LogP contribution in [0.3, 0.4) is 0 Å². The first-order chi connectivity index (χ1) is 6.49. The summed E-state index contributed by atoms with van der Waals surface area (Å²) in [5.41, 5.74) is 3.58. The number of aryl methyl sites for hydroxylation is 1. The molecule has 1 aromatic carbocycles. The van der Waals surface area contributed by atoms with Crippen molar-refractivity contribution in [2.75, 3.05) is 0 Å². The largest absolute Gasteiger partial charge is 0.483 e. The summed E-state index contributed by atoms with van der Waals surface area (Å²) in [5, 5.41) is 0. The molecule has 74 valence electrons. The van der Waals surface area contributed by atoms with E-state index in [2.05, 4.69) is 52.0 Å². The molecule has 0 atom stereocenters. The Morgan fingerprint density at radius 3 is 2.57 bits per heavy atom. The van der Waals surface area contributed by atoms with Gasteiger partial charge in [0.2, 0.25) is 0 Å². The second-order valence-corrected chi connectivity index (χ2v) is 4.48. The van der Waals surface area contributed by atoms with Crippen molar-refractivity contribution in [2.24, 2.45) is 0 Å². The molecular formula is C13H16O. The van der Waals surface area contributed by atoms with Crippen LogP contribution in [0.5, 0.6) is 5.75 Å². The maximum absolute atomic E-state index is 5.92. The highest BCUT2D eigenvalue weighted by molar-refractivity contribution is 5.64. The molecule has 0 unspecified atom stereocenters. The van der Waals surface area contributed by atoms with Gasteiger partial charge in [-0.15, -0.1) is 0 Å². The van der Waals surface area contributed by atoms with E-state index in [1.165, 1.54) is 16.7 Å². The Kier molecular flexibility index (Phi) is 1.91. The SMILES string of the molecule is CC1=Cc2cc(C)ccc2OC1(C)C. The molecule has 0 fully saturated rings. The van der Waals surface area contributed by atoms with E-state index in [4.69, 9.17) is 4.74 Å². The van der Waals surface area contributed by atoms with Gasteiger partial charge in [-0.05, 0) is 51.5 Å². The molecule has 2 rings (SSSR count). The van der Waals surface area contributed by atoms with E-state index in [1.807, 2.05) is 0 Å². The highest BCUT2D eigenvalue weighted by Crippen LogP contribution is 2.35. The minimum atomic E-state index is -0.164. The summed E-state index contributed by atoms with van der Waals surface area (Å²) in [5.74, 6) is 0.992. The third-order valence-corrected chi connectivity index (χ3v) is 2.85. The summed E-state index contributed by atoms with van der Waals surface area (Å²) in [6.07, 6.45) is 2.21. The van der Waals surface area contributed by atoms with Crippen LogP contribution >= 0.6 is 0 Å². The predicted molar refractivity (Wildman–Crippen MR) is 59.5 cm³/mol. The van der Waals surface area contributed by atoms with Crippen molar-refractivity contribution < 1.29 is 4.74 Å². The van der Waals surface area contributed by atoms with Crippen LogP contribution in [-0.4, -0.2) is 5.60 Å². The van der Waals surface area contributed by atoms with E-state index >= 15 is 0 Å². The van der Waals surface area contributed by atoms with Crippen molar-refractivity contribution >= 4 is 6.08 Å². The minimum Gasteiger partial charge on any atom is -0.483 e. The van der Waals surface area contributed by atoms with Gasteiger partial charge in [-0.25, -0.2) is 0 Å². The molecule has 0 bridgehead atoms.